The van der Waals surface area contributed by atoms with Gasteiger partial charge in [0.2, 0.25) is 0 Å². The molecule has 4 rings (SSSR count). The molecule has 1 amide bonds. The molecule has 2 N–H and O–H groups in total. The van der Waals surface area contributed by atoms with E-state index in [2.05, 4.69) is 30.8 Å². The minimum Gasteiger partial charge on any atom is -0.369 e. The lowest BCUT2D eigenvalue weighted by atomic mass is 10.0. The molecule has 180 valence electrons. The minimum atomic E-state index is -0.274. The first-order valence-electron chi connectivity index (χ1n) is 12.0. The number of benzene rings is 2. The van der Waals surface area contributed by atoms with Crippen LogP contribution in [-0.2, 0) is 6.42 Å². The highest BCUT2D eigenvalue weighted by atomic mass is 19.1. The molecule has 7 heteroatoms. The van der Waals surface area contributed by atoms with Crippen molar-refractivity contribution in [3.63, 3.8) is 0 Å². The SMILES string of the molecule is C[N+]1(C)CCC[C@@H]1CNC(=O)c1ccc(-c2ccccc2C#N)nc1NCCc1cccc(F)c1. The zero-order valence-corrected chi connectivity index (χ0v) is 20.2. The van der Waals surface area contributed by atoms with Gasteiger partial charge in [-0.25, -0.2) is 9.37 Å². The highest BCUT2D eigenvalue weighted by Crippen LogP contribution is 2.26. The largest absolute Gasteiger partial charge is 0.369 e. The Bertz CT molecular complexity index is 1250. The third-order valence-corrected chi connectivity index (χ3v) is 6.82. The Morgan fingerprint density at radius 3 is 2.74 bits per heavy atom. The van der Waals surface area contributed by atoms with Crippen LogP contribution in [0.1, 0.15) is 34.3 Å². The minimum absolute atomic E-state index is 0.183. The molecule has 0 spiro atoms. The maximum absolute atomic E-state index is 13.6. The number of halogens is 1. The molecule has 1 aromatic heterocycles. The Morgan fingerprint density at radius 2 is 2.00 bits per heavy atom. The molecule has 2 aromatic carbocycles. The monoisotopic (exact) mass is 472 g/mol. The number of amides is 1. The molecule has 0 saturated carbocycles. The topological polar surface area (TPSA) is 77.8 Å². The summed E-state index contributed by atoms with van der Waals surface area (Å²) in [6.07, 6.45) is 2.83. The van der Waals surface area contributed by atoms with Crippen LogP contribution in [0.15, 0.2) is 60.7 Å². The van der Waals surface area contributed by atoms with Gasteiger partial charge in [0.15, 0.2) is 0 Å². The van der Waals surface area contributed by atoms with E-state index in [1.807, 2.05) is 24.3 Å². The summed E-state index contributed by atoms with van der Waals surface area (Å²) in [5.74, 6) is -0.00821. The molecule has 6 nitrogen and oxygen atoms in total. The van der Waals surface area contributed by atoms with Crippen molar-refractivity contribution in [2.45, 2.75) is 25.3 Å². The fourth-order valence-corrected chi connectivity index (χ4v) is 4.67. The summed E-state index contributed by atoms with van der Waals surface area (Å²) in [6, 6.07) is 19.9. The van der Waals surface area contributed by atoms with E-state index in [1.165, 1.54) is 12.1 Å². The second-order valence-electron chi connectivity index (χ2n) is 9.57. The smallest absolute Gasteiger partial charge is 0.255 e. The van der Waals surface area contributed by atoms with E-state index in [9.17, 15) is 14.4 Å². The Hall–Kier alpha value is -3.76. The molecular formula is C28H31FN5O+. The molecule has 1 aliphatic heterocycles. The normalized spacial score (nSPS) is 16.5. The van der Waals surface area contributed by atoms with Gasteiger partial charge >= 0.3 is 0 Å². The number of nitriles is 1. The Balaban J connectivity index is 1.56. The number of hydrogen-bond acceptors (Lipinski definition) is 4. The third kappa shape index (κ3) is 5.84. The number of rotatable bonds is 8. The van der Waals surface area contributed by atoms with Crippen LogP contribution in [0, 0.1) is 17.1 Å². The first kappa shape index (κ1) is 24.4. The fourth-order valence-electron chi connectivity index (χ4n) is 4.67. The van der Waals surface area contributed by atoms with E-state index in [-0.39, 0.29) is 11.7 Å². The predicted molar refractivity (Wildman–Crippen MR) is 135 cm³/mol. The molecule has 1 fully saturated rings. The van der Waals surface area contributed by atoms with Crippen molar-refractivity contribution in [2.75, 3.05) is 39.0 Å². The van der Waals surface area contributed by atoms with Gasteiger partial charge in [-0.3, -0.25) is 4.79 Å². The maximum atomic E-state index is 13.6. The van der Waals surface area contributed by atoms with Crippen LogP contribution in [0.5, 0.6) is 0 Å². The van der Waals surface area contributed by atoms with Crippen LogP contribution < -0.4 is 10.6 Å². The second-order valence-corrected chi connectivity index (χ2v) is 9.57. The summed E-state index contributed by atoms with van der Waals surface area (Å²) in [5.41, 5.74) is 3.14. The van der Waals surface area contributed by atoms with Gasteiger partial charge in [-0.2, -0.15) is 5.26 Å². The number of nitrogens with zero attached hydrogens (tertiary/aromatic N) is 3. The quantitative estimate of drug-likeness (QED) is 0.477. The number of pyridine rings is 1. The standard InChI is InChI=1S/C28H30FN5O/c1-34(2)16-6-10-23(34)19-32-28(35)25-12-13-26(24-11-4-3-8-21(24)18-30)33-27(25)31-15-14-20-7-5-9-22(29)17-20/h3-5,7-9,11-13,17,23H,6,10,14-16,19H2,1-2H3,(H-,31,32,33,35)/p+1/t23-/m1/s1. The molecular weight excluding hydrogens is 441 g/mol. The van der Waals surface area contributed by atoms with Gasteiger partial charge in [-0.05, 0) is 42.3 Å². The van der Waals surface area contributed by atoms with E-state index >= 15 is 0 Å². The number of anilines is 1. The molecule has 0 radical (unpaired) electrons. The van der Waals surface area contributed by atoms with Crippen molar-refractivity contribution in [1.82, 2.24) is 10.3 Å². The van der Waals surface area contributed by atoms with E-state index in [1.54, 1.807) is 24.3 Å². The molecule has 1 saturated heterocycles. The van der Waals surface area contributed by atoms with Crippen molar-refractivity contribution in [3.8, 4) is 17.3 Å². The number of aromatic nitrogens is 1. The van der Waals surface area contributed by atoms with Gasteiger partial charge in [0, 0.05) is 24.9 Å². The number of carbonyl (C=O) groups is 1. The Labute approximate surface area is 206 Å². The fraction of sp³-hybridized carbons (Fsp3) is 0.321. The summed E-state index contributed by atoms with van der Waals surface area (Å²) in [6.45, 7) is 2.20. The maximum Gasteiger partial charge on any atom is 0.255 e. The van der Waals surface area contributed by atoms with Gasteiger partial charge in [0.25, 0.3) is 5.91 Å². The zero-order chi connectivity index (χ0) is 24.8. The molecule has 0 unspecified atom stereocenters. The molecule has 1 aliphatic rings. The predicted octanol–water partition coefficient (Wildman–Crippen LogP) is 4.38. The van der Waals surface area contributed by atoms with Gasteiger partial charge in [-0.1, -0.05) is 30.3 Å². The summed E-state index contributed by atoms with van der Waals surface area (Å²) < 4.78 is 14.5. The Morgan fingerprint density at radius 1 is 1.17 bits per heavy atom. The van der Waals surface area contributed by atoms with Gasteiger partial charge < -0.3 is 15.1 Å². The number of hydrogen-bond donors (Lipinski definition) is 2. The molecule has 0 aliphatic carbocycles. The zero-order valence-electron chi connectivity index (χ0n) is 20.2. The lowest BCUT2D eigenvalue weighted by Gasteiger charge is -2.31. The molecule has 35 heavy (non-hydrogen) atoms. The van der Waals surface area contributed by atoms with Crippen molar-refractivity contribution in [1.29, 1.82) is 5.26 Å². The van der Waals surface area contributed by atoms with Crippen molar-refractivity contribution in [2.24, 2.45) is 0 Å². The summed E-state index contributed by atoms with van der Waals surface area (Å²) in [5, 5.41) is 15.9. The average Bonchev–Trinajstić information content (AvgIpc) is 3.20. The number of likely N-dealkylation sites (tertiary alicyclic amines) is 1. The first-order valence-corrected chi connectivity index (χ1v) is 12.0. The lowest BCUT2D eigenvalue weighted by Crippen LogP contribution is -2.49. The van der Waals surface area contributed by atoms with Crippen molar-refractivity contribution >= 4 is 11.7 Å². The lowest BCUT2D eigenvalue weighted by molar-refractivity contribution is -0.900. The van der Waals surface area contributed by atoms with Gasteiger partial charge in [0.05, 0.1) is 50.1 Å². The van der Waals surface area contributed by atoms with Crippen LogP contribution in [0.4, 0.5) is 10.2 Å². The summed E-state index contributed by atoms with van der Waals surface area (Å²) in [4.78, 5) is 17.9. The van der Waals surface area contributed by atoms with Crippen LogP contribution in [0.3, 0.4) is 0 Å². The number of carbonyl (C=O) groups excluding carboxylic acids is 1. The highest BCUT2D eigenvalue weighted by Gasteiger charge is 2.34. The molecule has 2 heterocycles. The van der Waals surface area contributed by atoms with Crippen LogP contribution in [0.2, 0.25) is 0 Å². The first-order chi connectivity index (χ1) is 16.9. The van der Waals surface area contributed by atoms with Crippen LogP contribution in [-0.4, -0.2) is 55.1 Å². The van der Waals surface area contributed by atoms with Crippen molar-refractivity contribution in [3.05, 3.63) is 83.2 Å². The van der Waals surface area contributed by atoms with E-state index in [0.29, 0.717) is 53.8 Å². The molecule has 1 atom stereocenters. The van der Waals surface area contributed by atoms with Gasteiger partial charge in [0.1, 0.15) is 17.7 Å². The van der Waals surface area contributed by atoms with E-state index in [4.69, 9.17) is 4.98 Å². The number of quaternary nitrogens is 1. The molecule has 0 bridgehead atoms. The molecule has 3 aromatic rings. The van der Waals surface area contributed by atoms with Crippen molar-refractivity contribution < 1.29 is 13.7 Å². The average molecular weight is 473 g/mol. The van der Waals surface area contributed by atoms with Crippen LogP contribution in [0.25, 0.3) is 11.3 Å². The van der Waals surface area contributed by atoms with E-state index < -0.39 is 0 Å². The number of likely N-dealkylation sites (N-methyl/N-ethyl adjacent to an activating group) is 1. The second kappa shape index (κ2) is 10.7. The van der Waals surface area contributed by atoms with Gasteiger partial charge in [-0.15, -0.1) is 0 Å². The Kier molecular flexibility index (Phi) is 7.42. The summed E-state index contributed by atoms with van der Waals surface area (Å²) >= 11 is 0. The third-order valence-electron chi connectivity index (χ3n) is 6.82. The highest BCUT2D eigenvalue weighted by molar-refractivity contribution is 5.99. The summed E-state index contributed by atoms with van der Waals surface area (Å²) in [7, 11) is 4.40. The van der Waals surface area contributed by atoms with E-state index in [0.717, 1.165) is 29.4 Å². The number of nitrogens with one attached hydrogen (secondary N) is 2. The van der Waals surface area contributed by atoms with Crippen LogP contribution >= 0.6 is 0 Å².